The highest BCUT2D eigenvalue weighted by Gasteiger charge is 2.50. The van der Waals surface area contributed by atoms with Gasteiger partial charge in [-0.2, -0.15) is 0 Å². The number of fused-ring (bicyclic) bond motifs is 1. The molecular formula is C36H36O18. The molecule has 10 N–H and O–H groups in total. The van der Waals surface area contributed by atoms with Gasteiger partial charge in [0.25, 0.3) is 0 Å². The lowest BCUT2D eigenvalue weighted by atomic mass is 9.98. The van der Waals surface area contributed by atoms with Crippen LogP contribution in [0.4, 0.5) is 0 Å². The van der Waals surface area contributed by atoms with Crippen molar-refractivity contribution in [3.05, 3.63) is 76.5 Å². The van der Waals surface area contributed by atoms with Crippen LogP contribution in [0, 0.1) is 0 Å². The lowest BCUT2D eigenvalue weighted by Crippen LogP contribution is -2.62. The van der Waals surface area contributed by atoms with E-state index in [1.807, 2.05) is 0 Å². The monoisotopic (exact) mass is 756 g/mol. The number of aromatic hydroxyl groups is 5. The van der Waals surface area contributed by atoms with Crippen LogP contribution in [0.25, 0.3) is 28.4 Å². The van der Waals surface area contributed by atoms with Crippen molar-refractivity contribution in [3.8, 4) is 45.8 Å². The van der Waals surface area contributed by atoms with Gasteiger partial charge < -0.3 is 79.2 Å². The highest BCUT2D eigenvalue weighted by atomic mass is 16.7. The average Bonchev–Trinajstić information content (AvgIpc) is 3.13. The maximum atomic E-state index is 14.0. The van der Waals surface area contributed by atoms with Crippen molar-refractivity contribution in [2.24, 2.45) is 0 Å². The van der Waals surface area contributed by atoms with Crippen molar-refractivity contribution in [3.63, 3.8) is 0 Å². The fourth-order valence-electron chi connectivity index (χ4n) is 5.87. The summed E-state index contributed by atoms with van der Waals surface area (Å²) in [5.41, 5.74) is -1.03. The molecule has 288 valence electrons. The number of aliphatic hydroxyl groups is 5. The molecule has 18 nitrogen and oxygen atoms in total. The minimum absolute atomic E-state index is 0.0253. The smallest absolute Gasteiger partial charge is 0.331 e. The highest BCUT2D eigenvalue weighted by molar-refractivity contribution is 5.89. The van der Waals surface area contributed by atoms with Crippen molar-refractivity contribution >= 4 is 23.0 Å². The number of phenols is 5. The zero-order valence-electron chi connectivity index (χ0n) is 28.1. The van der Waals surface area contributed by atoms with Gasteiger partial charge in [-0.15, -0.1) is 0 Å². The van der Waals surface area contributed by atoms with Gasteiger partial charge in [0.2, 0.25) is 17.5 Å². The Morgan fingerprint density at radius 3 is 2.19 bits per heavy atom. The predicted molar refractivity (Wildman–Crippen MR) is 181 cm³/mol. The molecule has 4 aromatic rings. The van der Waals surface area contributed by atoms with Crippen LogP contribution >= 0.6 is 0 Å². The first kappa shape index (κ1) is 38.3. The summed E-state index contributed by atoms with van der Waals surface area (Å²) in [5, 5.41) is 103. The zero-order valence-corrected chi connectivity index (χ0v) is 28.1. The fraction of sp³-hybridized carbons (Fsp3) is 0.333. The second kappa shape index (κ2) is 15.5. The summed E-state index contributed by atoms with van der Waals surface area (Å²) >= 11 is 0. The first-order chi connectivity index (χ1) is 25.6. The summed E-state index contributed by atoms with van der Waals surface area (Å²) in [4.78, 5) is 27.1. The molecule has 18 heteroatoms. The number of esters is 1. The van der Waals surface area contributed by atoms with E-state index in [0.717, 1.165) is 30.3 Å². The molecular weight excluding hydrogens is 720 g/mol. The summed E-state index contributed by atoms with van der Waals surface area (Å²) in [6.45, 7) is 0.728. The molecule has 3 aromatic carbocycles. The van der Waals surface area contributed by atoms with Crippen molar-refractivity contribution in [1.82, 2.24) is 0 Å². The van der Waals surface area contributed by atoms with Gasteiger partial charge in [-0.3, -0.25) is 4.79 Å². The number of carbonyl (C=O) groups is 1. The molecule has 6 rings (SSSR count). The molecule has 2 fully saturated rings. The summed E-state index contributed by atoms with van der Waals surface area (Å²) in [5.74, 6) is -4.71. The molecule has 0 amide bonds. The van der Waals surface area contributed by atoms with Crippen LogP contribution in [0.5, 0.6) is 34.5 Å². The summed E-state index contributed by atoms with van der Waals surface area (Å²) in [6.07, 6.45) is -14.5. The number of phenolic OH excluding ortho intramolecular Hbond substituents is 5. The Hall–Kier alpha value is -5.44. The van der Waals surface area contributed by atoms with Crippen LogP contribution < -0.4 is 10.2 Å². The number of ether oxygens (including phenoxy) is 5. The minimum atomic E-state index is -2.02. The van der Waals surface area contributed by atoms with E-state index in [1.165, 1.54) is 43.3 Å². The maximum Gasteiger partial charge on any atom is 0.331 e. The second-order valence-corrected chi connectivity index (χ2v) is 12.6. The van der Waals surface area contributed by atoms with Gasteiger partial charge in [0.15, 0.2) is 29.7 Å². The van der Waals surface area contributed by atoms with Crippen LogP contribution in [-0.2, 0) is 23.7 Å². The topological polar surface area (TPSA) is 296 Å². The van der Waals surface area contributed by atoms with E-state index in [-0.39, 0.29) is 16.9 Å². The van der Waals surface area contributed by atoms with Crippen LogP contribution in [-0.4, -0.2) is 125 Å². The Morgan fingerprint density at radius 1 is 0.759 bits per heavy atom. The Morgan fingerprint density at radius 2 is 1.48 bits per heavy atom. The fourth-order valence-corrected chi connectivity index (χ4v) is 5.87. The number of carbonyl (C=O) groups excluding carboxylic acids is 1. The van der Waals surface area contributed by atoms with Crippen LogP contribution in [0.2, 0.25) is 0 Å². The van der Waals surface area contributed by atoms with E-state index in [0.29, 0.717) is 5.56 Å². The molecule has 10 atom stereocenters. The molecule has 2 aliphatic heterocycles. The van der Waals surface area contributed by atoms with E-state index < -0.39 is 119 Å². The van der Waals surface area contributed by atoms with Gasteiger partial charge in [-0.1, -0.05) is 12.1 Å². The minimum Gasteiger partial charge on any atom is -0.508 e. The van der Waals surface area contributed by atoms with Crippen molar-refractivity contribution in [2.75, 3.05) is 6.61 Å². The van der Waals surface area contributed by atoms with E-state index in [1.54, 1.807) is 0 Å². The van der Waals surface area contributed by atoms with E-state index in [2.05, 4.69) is 0 Å². The zero-order chi connectivity index (χ0) is 39.0. The van der Waals surface area contributed by atoms with Gasteiger partial charge >= 0.3 is 5.97 Å². The SMILES string of the molecule is CC1O[C@@H](OCC2O[C@@H](Oc3c(-c4ccc(O)c(O)c4)oc4cc(O)cc(O)c4c3=O)C(OC(=O)/C=C/c3ccc(O)cc3)[C@@H](O)[C@@H]2O)[C@@H](O)C(O)[C@H]1O. The first-order valence-electron chi connectivity index (χ1n) is 16.3. The molecule has 1 aromatic heterocycles. The standard InChI is InChI=1S/C36H36O18/c1-14-26(43)29(46)31(48)35(50-14)49-13-23-27(44)30(47)34(53-24(42)9-4-15-2-6-17(37)7-3-15)36(52-23)54-33-28(45)25-21(41)11-18(38)12-22(25)51-32(33)16-5-8-19(39)20(40)10-16/h2-12,14,23,26-27,29-31,34-41,43-44,46-48H,13H2,1H3/b9-4+/t14?,23?,26-,27+,29?,30-,31-,34?,35+,36-/m0/s1. The third kappa shape index (κ3) is 7.77. The van der Waals surface area contributed by atoms with E-state index in [9.17, 15) is 60.7 Å². The highest BCUT2D eigenvalue weighted by Crippen LogP contribution is 2.40. The van der Waals surface area contributed by atoms with Gasteiger partial charge in [-0.25, -0.2) is 4.79 Å². The van der Waals surface area contributed by atoms with Crippen molar-refractivity contribution in [2.45, 2.75) is 68.3 Å². The Labute approximate surface area is 304 Å². The molecule has 0 spiro atoms. The van der Waals surface area contributed by atoms with E-state index in [4.69, 9.17) is 28.1 Å². The molecule has 3 heterocycles. The molecule has 2 aliphatic rings. The van der Waals surface area contributed by atoms with Crippen molar-refractivity contribution < 1.29 is 84.0 Å². The number of aliphatic hydroxyl groups excluding tert-OH is 5. The van der Waals surface area contributed by atoms with Crippen LogP contribution in [0.1, 0.15) is 12.5 Å². The Balaban J connectivity index is 1.38. The van der Waals surface area contributed by atoms with E-state index >= 15 is 0 Å². The molecule has 0 aliphatic carbocycles. The van der Waals surface area contributed by atoms with Gasteiger partial charge in [0.05, 0.1) is 12.7 Å². The molecule has 0 radical (unpaired) electrons. The lowest BCUT2D eigenvalue weighted by Gasteiger charge is -2.43. The third-order valence-corrected chi connectivity index (χ3v) is 8.82. The maximum absolute atomic E-state index is 14.0. The normalized spacial score (nSPS) is 28.6. The Kier molecular flexibility index (Phi) is 11.0. The second-order valence-electron chi connectivity index (χ2n) is 12.6. The molecule has 0 bridgehead atoms. The Bertz CT molecular complexity index is 2080. The van der Waals surface area contributed by atoms with Gasteiger partial charge in [0.1, 0.15) is 64.8 Å². The molecule has 2 saturated heterocycles. The van der Waals surface area contributed by atoms with Gasteiger partial charge in [-0.05, 0) is 48.9 Å². The summed E-state index contributed by atoms with van der Waals surface area (Å²) in [7, 11) is 0. The quantitative estimate of drug-likeness (QED) is 0.0623. The third-order valence-electron chi connectivity index (χ3n) is 8.82. The number of hydrogen-bond acceptors (Lipinski definition) is 18. The summed E-state index contributed by atoms with van der Waals surface area (Å²) < 4.78 is 34.2. The molecule has 0 saturated carbocycles. The lowest BCUT2D eigenvalue weighted by molar-refractivity contribution is -0.319. The number of rotatable bonds is 9. The predicted octanol–water partition coefficient (Wildman–Crippen LogP) is 0.283. The van der Waals surface area contributed by atoms with Gasteiger partial charge in [0, 0.05) is 23.8 Å². The molecule has 54 heavy (non-hydrogen) atoms. The molecule has 4 unspecified atom stereocenters. The summed E-state index contributed by atoms with van der Waals surface area (Å²) in [6, 6.07) is 10.9. The average molecular weight is 757 g/mol. The number of hydrogen-bond donors (Lipinski definition) is 10. The largest absolute Gasteiger partial charge is 0.508 e. The number of benzene rings is 3. The van der Waals surface area contributed by atoms with Crippen molar-refractivity contribution in [1.29, 1.82) is 0 Å². The van der Waals surface area contributed by atoms with Crippen LogP contribution in [0.3, 0.4) is 0 Å². The van der Waals surface area contributed by atoms with Crippen LogP contribution in [0.15, 0.2) is 69.9 Å². The first-order valence-corrected chi connectivity index (χ1v) is 16.3.